The van der Waals surface area contributed by atoms with E-state index in [1.807, 2.05) is 43.3 Å². The van der Waals surface area contributed by atoms with Crippen molar-refractivity contribution in [3.63, 3.8) is 0 Å². The Morgan fingerprint density at radius 2 is 1.73 bits per heavy atom. The van der Waals surface area contributed by atoms with E-state index in [0.29, 0.717) is 27.8 Å². The van der Waals surface area contributed by atoms with E-state index in [1.54, 1.807) is 17.7 Å². The van der Waals surface area contributed by atoms with Crippen LogP contribution in [0.3, 0.4) is 0 Å². The molecule has 0 spiro atoms. The SMILES string of the molecule is CCC(Oc1ccc(C(C)(C)CC)cc1C(C)(C)CC)C(=O)Nc1cc(Sc2nnnn2-c2ccccc2)c(C)c(Cl)c1O. The topological polar surface area (TPSA) is 102 Å². The highest BCUT2D eigenvalue weighted by atomic mass is 35.5. The van der Waals surface area contributed by atoms with E-state index >= 15 is 0 Å². The van der Waals surface area contributed by atoms with Crippen LogP contribution < -0.4 is 10.1 Å². The van der Waals surface area contributed by atoms with E-state index < -0.39 is 6.10 Å². The number of benzene rings is 3. The molecule has 0 radical (unpaired) electrons. The van der Waals surface area contributed by atoms with Gasteiger partial charge in [-0.3, -0.25) is 4.79 Å². The van der Waals surface area contributed by atoms with Gasteiger partial charge < -0.3 is 15.2 Å². The molecule has 1 heterocycles. The predicted molar refractivity (Wildman–Crippen MR) is 178 cm³/mol. The average molecular weight is 636 g/mol. The van der Waals surface area contributed by atoms with Crippen LogP contribution in [0.2, 0.25) is 5.02 Å². The van der Waals surface area contributed by atoms with Gasteiger partial charge in [-0.2, -0.15) is 4.68 Å². The summed E-state index contributed by atoms with van der Waals surface area (Å²) in [6.07, 6.45) is 1.54. The number of nitrogens with zero attached hydrogens (tertiary/aromatic N) is 4. The molecule has 234 valence electrons. The van der Waals surface area contributed by atoms with Gasteiger partial charge in [0.15, 0.2) is 11.9 Å². The molecule has 0 aliphatic heterocycles. The molecule has 1 unspecified atom stereocenters. The molecule has 0 fully saturated rings. The van der Waals surface area contributed by atoms with E-state index in [1.165, 1.54) is 17.3 Å². The number of ether oxygens (including phenoxy) is 1. The lowest BCUT2D eigenvalue weighted by molar-refractivity contribution is -0.122. The number of aromatic nitrogens is 4. The summed E-state index contributed by atoms with van der Waals surface area (Å²) in [5, 5.41) is 26.6. The molecule has 1 aromatic heterocycles. The van der Waals surface area contributed by atoms with Crippen molar-refractivity contribution >= 4 is 35.0 Å². The number of hydrogen-bond donors (Lipinski definition) is 2. The van der Waals surface area contributed by atoms with Gasteiger partial charge in [0.05, 0.1) is 16.4 Å². The zero-order valence-corrected chi connectivity index (χ0v) is 28.3. The van der Waals surface area contributed by atoms with Crippen molar-refractivity contribution < 1.29 is 14.6 Å². The zero-order chi connectivity index (χ0) is 32.2. The van der Waals surface area contributed by atoms with Gasteiger partial charge in [0, 0.05) is 10.5 Å². The lowest BCUT2D eigenvalue weighted by Crippen LogP contribution is -2.33. The molecule has 3 aromatic carbocycles. The standard InChI is InChI=1S/C34H42ClN5O3S/c1-9-26(43-27-18-17-22(33(5,6)10-2)19-24(27)34(7,8)11-3)31(42)36-25-20-28(21(4)29(35)30(25)41)44-32-37-38-39-40(32)23-15-13-12-14-16-23/h12-20,26,41H,9-11H2,1-8H3,(H,36,42). The van der Waals surface area contributed by atoms with Crippen molar-refractivity contribution in [1.29, 1.82) is 0 Å². The van der Waals surface area contributed by atoms with Crippen LogP contribution in [-0.2, 0) is 15.6 Å². The lowest BCUT2D eigenvalue weighted by Gasteiger charge is -2.31. The summed E-state index contributed by atoms with van der Waals surface area (Å²) in [6, 6.07) is 17.5. The third-order valence-corrected chi connectivity index (χ3v) is 10.1. The highest BCUT2D eigenvalue weighted by molar-refractivity contribution is 7.99. The quantitative estimate of drug-likeness (QED) is 0.150. The second-order valence-electron chi connectivity index (χ2n) is 12.2. The van der Waals surface area contributed by atoms with Crippen molar-refractivity contribution in [3.05, 3.63) is 76.3 Å². The van der Waals surface area contributed by atoms with Crippen LogP contribution in [0.25, 0.3) is 5.69 Å². The van der Waals surface area contributed by atoms with Gasteiger partial charge in [0.2, 0.25) is 5.16 Å². The van der Waals surface area contributed by atoms with E-state index in [-0.39, 0.29) is 33.2 Å². The van der Waals surface area contributed by atoms with Gasteiger partial charge in [-0.05, 0) is 94.6 Å². The van der Waals surface area contributed by atoms with Crippen LogP contribution in [0, 0.1) is 6.92 Å². The molecule has 8 nitrogen and oxygen atoms in total. The molecule has 10 heteroatoms. The number of nitrogens with one attached hydrogen (secondary N) is 1. The summed E-state index contributed by atoms with van der Waals surface area (Å²) in [7, 11) is 0. The summed E-state index contributed by atoms with van der Waals surface area (Å²) in [6.45, 7) is 16.9. The van der Waals surface area contributed by atoms with Gasteiger partial charge >= 0.3 is 0 Å². The maximum absolute atomic E-state index is 13.6. The van der Waals surface area contributed by atoms with Crippen molar-refractivity contribution in [2.75, 3.05) is 5.32 Å². The van der Waals surface area contributed by atoms with E-state index in [0.717, 1.165) is 24.1 Å². The van der Waals surface area contributed by atoms with Crippen LogP contribution in [-0.4, -0.2) is 37.3 Å². The number of amides is 1. The molecule has 0 aliphatic carbocycles. The molecule has 1 atom stereocenters. The predicted octanol–water partition coefficient (Wildman–Crippen LogP) is 8.65. The van der Waals surface area contributed by atoms with E-state index in [9.17, 15) is 9.90 Å². The maximum Gasteiger partial charge on any atom is 0.265 e. The first-order chi connectivity index (χ1) is 20.8. The fraction of sp³-hybridized carbons (Fsp3) is 0.412. The van der Waals surface area contributed by atoms with Gasteiger partial charge in [-0.15, -0.1) is 5.10 Å². The number of carbonyl (C=O) groups excluding carboxylic acids is 1. The van der Waals surface area contributed by atoms with Gasteiger partial charge in [-0.1, -0.05) is 90.4 Å². The summed E-state index contributed by atoms with van der Waals surface area (Å²) < 4.78 is 8.05. The van der Waals surface area contributed by atoms with Crippen LogP contribution in [0.15, 0.2) is 64.6 Å². The first kappa shape index (κ1) is 33.3. The smallest absolute Gasteiger partial charge is 0.265 e. The molecule has 0 saturated carbocycles. The fourth-order valence-electron chi connectivity index (χ4n) is 4.65. The Balaban J connectivity index is 1.62. The maximum atomic E-state index is 13.6. The molecule has 44 heavy (non-hydrogen) atoms. The monoisotopic (exact) mass is 635 g/mol. The number of phenols is 1. The molecule has 0 bridgehead atoms. The number of carbonyl (C=O) groups is 1. The second kappa shape index (κ2) is 13.6. The molecule has 1 amide bonds. The van der Waals surface area contributed by atoms with Crippen LogP contribution >= 0.6 is 23.4 Å². The first-order valence-corrected chi connectivity index (χ1v) is 16.2. The van der Waals surface area contributed by atoms with Crippen molar-refractivity contribution in [2.24, 2.45) is 0 Å². The summed E-state index contributed by atoms with van der Waals surface area (Å²) in [5.74, 6) is 0.0917. The lowest BCUT2D eigenvalue weighted by atomic mass is 9.76. The Morgan fingerprint density at radius 3 is 2.36 bits per heavy atom. The highest BCUT2D eigenvalue weighted by Crippen LogP contribution is 2.43. The van der Waals surface area contributed by atoms with Gasteiger partial charge in [0.1, 0.15) is 5.75 Å². The van der Waals surface area contributed by atoms with E-state index in [4.69, 9.17) is 16.3 Å². The Labute approximate surface area is 269 Å². The van der Waals surface area contributed by atoms with E-state index in [2.05, 4.69) is 74.5 Å². The Bertz CT molecular complexity index is 1620. The number of rotatable bonds is 12. The minimum Gasteiger partial charge on any atom is -0.504 e. The summed E-state index contributed by atoms with van der Waals surface area (Å²) in [5.41, 5.74) is 3.79. The third kappa shape index (κ3) is 7.05. The Kier molecular flexibility index (Phi) is 10.3. The van der Waals surface area contributed by atoms with Gasteiger partial charge in [-0.25, -0.2) is 0 Å². The molecular weight excluding hydrogens is 594 g/mol. The number of tetrazole rings is 1. The Morgan fingerprint density at radius 1 is 1.05 bits per heavy atom. The molecule has 2 N–H and O–H groups in total. The first-order valence-electron chi connectivity index (χ1n) is 15.0. The van der Waals surface area contributed by atoms with Crippen molar-refractivity contribution in [3.8, 4) is 17.2 Å². The molecule has 0 saturated heterocycles. The second-order valence-corrected chi connectivity index (χ2v) is 13.6. The minimum atomic E-state index is -0.799. The zero-order valence-electron chi connectivity index (χ0n) is 26.7. The summed E-state index contributed by atoms with van der Waals surface area (Å²) >= 11 is 7.84. The third-order valence-electron chi connectivity index (χ3n) is 8.53. The number of phenolic OH excluding ortho intramolecular Hbond substituents is 1. The van der Waals surface area contributed by atoms with Crippen molar-refractivity contribution in [2.45, 2.75) is 102 Å². The van der Waals surface area contributed by atoms with Crippen molar-refractivity contribution in [1.82, 2.24) is 20.2 Å². The number of hydrogen-bond acceptors (Lipinski definition) is 7. The highest BCUT2D eigenvalue weighted by Gasteiger charge is 2.29. The molecule has 4 rings (SSSR count). The molecule has 0 aliphatic rings. The van der Waals surface area contributed by atoms with Crippen LogP contribution in [0.5, 0.6) is 11.5 Å². The minimum absolute atomic E-state index is 0.0148. The Hall–Kier alpha value is -3.56. The number of halogens is 1. The fourth-order valence-corrected chi connectivity index (χ4v) is 5.85. The average Bonchev–Trinajstić information content (AvgIpc) is 3.49. The largest absolute Gasteiger partial charge is 0.504 e. The molecular formula is C34H42ClN5O3S. The number of anilines is 1. The normalized spacial score (nSPS) is 12.7. The number of para-hydroxylation sites is 1. The van der Waals surface area contributed by atoms with Crippen LogP contribution in [0.4, 0.5) is 5.69 Å². The van der Waals surface area contributed by atoms with Crippen LogP contribution in [0.1, 0.15) is 84.4 Å². The summed E-state index contributed by atoms with van der Waals surface area (Å²) in [4.78, 5) is 14.3. The molecule has 4 aromatic rings. The number of aromatic hydroxyl groups is 1. The van der Waals surface area contributed by atoms with Gasteiger partial charge in [0.25, 0.3) is 5.91 Å².